The second-order valence-electron chi connectivity index (χ2n) is 5.66. The molecule has 22 heavy (non-hydrogen) atoms. The van der Waals surface area contributed by atoms with Gasteiger partial charge in [-0.1, -0.05) is 67.6 Å². The standard InChI is InChI=1S/C20H16N2/c1-14(15-7-3-2-4-8-15)19-11-16(12-21)17-9-5-6-10-18(17)20(19)13-22/h2-11,14,19-20H,1H3/t14-,19-,20-/m1/s1. The molecule has 0 fully saturated rings. The number of fused-ring (bicyclic) bond motifs is 1. The zero-order valence-electron chi connectivity index (χ0n) is 12.4. The van der Waals surface area contributed by atoms with Crippen molar-refractivity contribution >= 4 is 5.57 Å². The SMILES string of the molecule is C[C@H](c1ccccc1)[C@H]1C=C(C#N)c2ccccc2[C@H]1C#N. The van der Waals surface area contributed by atoms with Crippen LogP contribution < -0.4 is 0 Å². The number of hydrogen-bond acceptors (Lipinski definition) is 2. The lowest BCUT2D eigenvalue weighted by Crippen LogP contribution is -2.21. The Bertz CT molecular complexity index is 790. The Morgan fingerprint density at radius 3 is 2.32 bits per heavy atom. The van der Waals surface area contributed by atoms with Crippen LogP contribution in [0.1, 0.15) is 35.4 Å². The molecule has 3 rings (SSSR count). The average Bonchev–Trinajstić information content (AvgIpc) is 2.60. The Hall–Kier alpha value is -2.84. The van der Waals surface area contributed by atoms with Crippen molar-refractivity contribution in [3.63, 3.8) is 0 Å². The Morgan fingerprint density at radius 2 is 1.64 bits per heavy atom. The molecule has 0 spiro atoms. The molecule has 2 aromatic carbocycles. The third-order valence-electron chi connectivity index (χ3n) is 4.49. The molecule has 2 nitrogen and oxygen atoms in total. The third kappa shape index (κ3) is 2.30. The Morgan fingerprint density at radius 1 is 0.955 bits per heavy atom. The van der Waals surface area contributed by atoms with Crippen molar-refractivity contribution in [3.05, 3.63) is 77.4 Å². The largest absolute Gasteiger partial charge is 0.198 e. The fourth-order valence-corrected chi connectivity index (χ4v) is 3.26. The summed E-state index contributed by atoms with van der Waals surface area (Å²) < 4.78 is 0. The van der Waals surface area contributed by atoms with Crippen LogP contribution in [-0.2, 0) is 0 Å². The summed E-state index contributed by atoms with van der Waals surface area (Å²) in [5, 5.41) is 19.2. The molecule has 0 saturated carbocycles. The van der Waals surface area contributed by atoms with Gasteiger partial charge in [0.25, 0.3) is 0 Å². The van der Waals surface area contributed by atoms with Gasteiger partial charge in [0.1, 0.15) is 0 Å². The van der Waals surface area contributed by atoms with Gasteiger partial charge in [-0.2, -0.15) is 10.5 Å². The van der Waals surface area contributed by atoms with Gasteiger partial charge in [-0.3, -0.25) is 0 Å². The van der Waals surface area contributed by atoms with Crippen LogP contribution in [0.2, 0.25) is 0 Å². The second-order valence-corrected chi connectivity index (χ2v) is 5.66. The van der Waals surface area contributed by atoms with Gasteiger partial charge >= 0.3 is 0 Å². The fourth-order valence-electron chi connectivity index (χ4n) is 3.26. The lowest BCUT2D eigenvalue weighted by Gasteiger charge is -2.31. The van der Waals surface area contributed by atoms with Crippen molar-refractivity contribution < 1.29 is 0 Å². The van der Waals surface area contributed by atoms with Gasteiger partial charge in [0.2, 0.25) is 0 Å². The minimum Gasteiger partial charge on any atom is -0.198 e. The molecule has 0 aliphatic heterocycles. The molecule has 106 valence electrons. The van der Waals surface area contributed by atoms with E-state index in [0.29, 0.717) is 5.57 Å². The van der Waals surface area contributed by atoms with Gasteiger partial charge in [0.15, 0.2) is 0 Å². The fraction of sp³-hybridized carbons (Fsp3) is 0.200. The topological polar surface area (TPSA) is 47.6 Å². The van der Waals surface area contributed by atoms with Crippen LogP contribution in [0.4, 0.5) is 0 Å². The van der Waals surface area contributed by atoms with E-state index in [-0.39, 0.29) is 17.8 Å². The molecule has 0 saturated heterocycles. The highest BCUT2D eigenvalue weighted by Gasteiger charge is 2.33. The molecular formula is C20H16N2. The van der Waals surface area contributed by atoms with Crippen molar-refractivity contribution in [2.24, 2.45) is 5.92 Å². The number of allylic oxidation sites excluding steroid dienone is 2. The predicted octanol–water partition coefficient (Wildman–Crippen LogP) is 4.63. The summed E-state index contributed by atoms with van der Waals surface area (Å²) in [6.45, 7) is 2.13. The maximum Gasteiger partial charge on any atom is 0.0994 e. The Kier molecular flexibility index (Phi) is 3.77. The van der Waals surface area contributed by atoms with Crippen LogP contribution in [0.25, 0.3) is 5.57 Å². The van der Waals surface area contributed by atoms with Gasteiger partial charge in [-0.15, -0.1) is 0 Å². The van der Waals surface area contributed by atoms with E-state index in [0.717, 1.165) is 11.1 Å². The Labute approximate surface area is 130 Å². The molecular weight excluding hydrogens is 268 g/mol. The second kappa shape index (κ2) is 5.88. The molecule has 0 radical (unpaired) electrons. The van der Waals surface area contributed by atoms with Gasteiger partial charge < -0.3 is 0 Å². The predicted molar refractivity (Wildman–Crippen MR) is 86.7 cm³/mol. The number of hydrogen-bond donors (Lipinski definition) is 0. The third-order valence-corrected chi connectivity index (χ3v) is 4.49. The van der Waals surface area contributed by atoms with E-state index in [2.05, 4.69) is 31.2 Å². The molecule has 0 amide bonds. The highest BCUT2D eigenvalue weighted by molar-refractivity contribution is 5.81. The first-order valence-corrected chi connectivity index (χ1v) is 7.42. The van der Waals surface area contributed by atoms with Crippen LogP contribution >= 0.6 is 0 Å². The van der Waals surface area contributed by atoms with Gasteiger partial charge in [-0.25, -0.2) is 0 Å². The summed E-state index contributed by atoms with van der Waals surface area (Å²) in [7, 11) is 0. The monoisotopic (exact) mass is 284 g/mol. The van der Waals surface area contributed by atoms with E-state index in [9.17, 15) is 10.5 Å². The summed E-state index contributed by atoms with van der Waals surface area (Å²) in [4.78, 5) is 0. The number of nitriles is 2. The first kappa shape index (κ1) is 14.1. The average molecular weight is 284 g/mol. The van der Waals surface area contributed by atoms with Gasteiger partial charge in [0.05, 0.1) is 23.6 Å². The van der Waals surface area contributed by atoms with Crippen molar-refractivity contribution in [1.82, 2.24) is 0 Å². The van der Waals surface area contributed by atoms with E-state index in [1.807, 2.05) is 48.5 Å². The molecule has 0 aromatic heterocycles. The molecule has 1 aliphatic rings. The summed E-state index contributed by atoms with van der Waals surface area (Å²) in [6.07, 6.45) is 1.98. The molecule has 2 aromatic rings. The highest BCUT2D eigenvalue weighted by Crippen LogP contribution is 2.43. The highest BCUT2D eigenvalue weighted by atomic mass is 14.4. The molecule has 0 unspecified atom stereocenters. The molecule has 0 heterocycles. The minimum absolute atomic E-state index is 0.0111. The quantitative estimate of drug-likeness (QED) is 0.807. The molecule has 0 N–H and O–H groups in total. The van der Waals surface area contributed by atoms with E-state index in [1.165, 1.54) is 5.56 Å². The van der Waals surface area contributed by atoms with E-state index < -0.39 is 0 Å². The molecule has 0 bridgehead atoms. The van der Waals surface area contributed by atoms with E-state index in [4.69, 9.17) is 0 Å². The van der Waals surface area contributed by atoms with Crippen molar-refractivity contribution in [2.75, 3.05) is 0 Å². The first-order valence-electron chi connectivity index (χ1n) is 7.42. The number of nitrogens with zero attached hydrogens (tertiary/aromatic N) is 2. The molecule has 3 atom stereocenters. The van der Waals surface area contributed by atoms with Crippen molar-refractivity contribution in [1.29, 1.82) is 10.5 Å². The maximum absolute atomic E-state index is 9.70. The van der Waals surface area contributed by atoms with Crippen LogP contribution in [-0.4, -0.2) is 0 Å². The van der Waals surface area contributed by atoms with E-state index >= 15 is 0 Å². The summed E-state index contributed by atoms with van der Waals surface area (Å²) >= 11 is 0. The zero-order valence-corrected chi connectivity index (χ0v) is 12.4. The zero-order chi connectivity index (χ0) is 15.5. The van der Waals surface area contributed by atoms with Crippen LogP contribution in [0.5, 0.6) is 0 Å². The molecule has 2 heteroatoms. The first-order chi connectivity index (χ1) is 10.8. The van der Waals surface area contributed by atoms with Crippen molar-refractivity contribution in [3.8, 4) is 12.1 Å². The van der Waals surface area contributed by atoms with Crippen LogP contribution in [0, 0.1) is 28.6 Å². The smallest absolute Gasteiger partial charge is 0.0994 e. The molecule has 1 aliphatic carbocycles. The Balaban J connectivity index is 2.10. The van der Waals surface area contributed by atoms with E-state index in [1.54, 1.807) is 0 Å². The summed E-state index contributed by atoms with van der Waals surface area (Å²) in [5.74, 6) is -0.0250. The number of rotatable bonds is 2. The van der Waals surface area contributed by atoms with Gasteiger partial charge in [0, 0.05) is 5.92 Å². The number of benzene rings is 2. The lowest BCUT2D eigenvalue weighted by molar-refractivity contribution is 0.496. The van der Waals surface area contributed by atoms with Crippen LogP contribution in [0.3, 0.4) is 0 Å². The lowest BCUT2D eigenvalue weighted by atomic mass is 9.70. The minimum atomic E-state index is -0.219. The summed E-state index contributed by atoms with van der Waals surface area (Å²) in [5.41, 5.74) is 3.74. The van der Waals surface area contributed by atoms with Crippen molar-refractivity contribution in [2.45, 2.75) is 18.8 Å². The van der Waals surface area contributed by atoms with Crippen LogP contribution in [0.15, 0.2) is 60.7 Å². The normalized spacial score (nSPS) is 21.0. The van der Waals surface area contributed by atoms with Gasteiger partial charge in [-0.05, 0) is 22.6 Å². The summed E-state index contributed by atoms with van der Waals surface area (Å²) in [6, 6.07) is 22.7. The maximum atomic E-state index is 9.70.